The van der Waals surface area contributed by atoms with Crippen molar-refractivity contribution in [2.75, 3.05) is 14.1 Å². The number of hydrogen-bond donors (Lipinski definition) is 0. The van der Waals surface area contributed by atoms with Gasteiger partial charge in [-0.1, -0.05) is 18.2 Å². The van der Waals surface area contributed by atoms with E-state index in [-0.39, 0.29) is 22.7 Å². The highest BCUT2D eigenvalue weighted by Crippen LogP contribution is 2.39. The zero-order valence-corrected chi connectivity index (χ0v) is 12.7. The number of nitro groups is 1. The van der Waals surface area contributed by atoms with Crippen molar-refractivity contribution in [2.24, 2.45) is 0 Å². The molecule has 7 nitrogen and oxygen atoms in total. The smallest absolute Gasteiger partial charge is 0.387 e. The summed E-state index contributed by atoms with van der Waals surface area (Å²) < 4.78 is 29.6. The van der Waals surface area contributed by atoms with Gasteiger partial charge in [0.15, 0.2) is 6.04 Å². The molecule has 0 N–H and O–H groups in total. The molecule has 1 heterocycles. The van der Waals surface area contributed by atoms with Gasteiger partial charge in [0.1, 0.15) is 5.75 Å². The van der Waals surface area contributed by atoms with Crippen LogP contribution in [0.2, 0.25) is 0 Å². The number of allylic oxidation sites excluding steroid dienone is 1. The number of hydrogen-bond acceptors (Lipinski definition) is 4. The van der Waals surface area contributed by atoms with E-state index < -0.39 is 23.6 Å². The number of carbonyl (C=O) groups is 1. The fraction of sp³-hybridized carbons (Fsp3) is 0.357. The van der Waals surface area contributed by atoms with Crippen molar-refractivity contribution in [3.05, 3.63) is 51.3 Å². The molecule has 1 aromatic carbocycles. The summed E-state index contributed by atoms with van der Waals surface area (Å²) in [6.07, 6.45) is 0. The molecular formula is C14H15F2N3O4. The minimum Gasteiger partial charge on any atom is -0.434 e. The Labute approximate surface area is 130 Å². The van der Waals surface area contributed by atoms with Crippen molar-refractivity contribution in [1.29, 1.82) is 0 Å². The van der Waals surface area contributed by atoms with E-state index in [1.165, 1.54) is 45.3 Å². The van der Waals surface area contributed by atoms with Gasteiger partial charge in [0.25, 0.3) is 5.70 Å². The van der Waals surface area contributed by atoms with Gasteiger partial charge in [0.2, 0.25) is 0 Å². The maximum Gasteiger partial charge on any atom is 0.387 e. The molecule has 1 aliphatic rings. The highest BCUT2D eigenvalue weighted by atomic mass is 19.3. The van der Waals surface area contributed by atoms with Crippen LogP contribution in [0.4, 0.5) is 13.6 Å². The Morgan fingerprint density at radius 3 is 2.48 bits per heavy atom. The van der Waals surface area contributed by atoms with Gasteiger partial charge in [-0.3, -0.25) is 15.0 Å². The predicted octanol–water partition coefficient (Wildman–Crippen LogP) is 2.83. The molecule has 0 unspecified atom stereocenters. The minimum atomic E-state index is -3.08. The second-order valence-corrected chi connectivity index (χ2v) is 5.00. The number of benzene rings is 1. The largest absolute Gasteiger partial charge is 0.434 e. The number of urea groups is 1. The van der Waals surface area contributed by atoms with E-state index in [9.17, 15) is 23.7 Å². The van der Waals surface area contributed by atoms with Gasteiger partial charge in [-0.2, -0.15) is 8.78 Å². The highest BCUT2D eigenvalue weighted by Gasteiger charge is 2.43. The Kier molecular flexibility index (Phi) is 4.48. The number of amides is 2. The molecule has 0 bridgehead atoms. The maximum atomic E-state index is 12.6. The fourth-order valence-corrected chi connectivity index (χ4v) is 2.54. The van der Waals surface area contributed by atoms with E-state index in [4.69, 9.17) is 0 Å². The van der Waals surface area contributed by atoms with Crippen molar-refractivity contribution in [3.63, 3.8) is 0 Å². The lowest BCUT2D eigenvalue weighted by molar-refractivity contribution is -0.436. The number of rotatable bonds is 4. The Morgan fingerprint density at radius 2 is 1.91 bits per heavy atom. The monoisotopic (exact) mass is 327 g/mol. The third-order valence-corrected chi connectivity index (χ3v) is 3.74. The molecule has 0 saturated heterocycles. The van der Waals surface area contributed by atoms with Crippen molar-refractivity contribution < 1.29 is 23.2 Å². The molecule has 0 fully saturated rings. The molecule has 0 spiro atoms. The zero-order valence-electron chi connectivity index (χ0n) is 12.7. The first-order chi connectivity index (χ1) is 10.8. The predicted molar refractivity (Wildman–Crippen MR) is 76.4 cm³/mol. The summed E-state index contributed by atoms with van der Waals surface area (Å²) in [6, 6.07) is 4.12. The number of carbonyl (C=O) groups excluding carboxylic acids is 1. The number of halogens is 2. The second-order valence-electron chi connectivity index (χ2n) is 5.00. The van der Waals surface area contributed by atoms with E-state index >= 15 is 0 Å². The molecule has 2 amide bonds. The highest BCUT2D eigenvalue weighted by molar-refractivity contribution is 5.78. The molecule has 0 aromatic heterocycles. The van der Waals surface area contributed by atoms with Crippen LogP contribution in [-0.2, 0) is 0 Å². The zero-order chi connectivity index (χ0) is 17.3. The van der Waals surface area contributed by atoms with Crippen molar-refractivity contribution in [3.8, 4) is 5.75 Å². The summed E-state index contributed by atoms with van der Waals surface area (Å²) in [6.45, 7) is -1.64. The standard InChI is InChI=1S/C14H15F2N3O4/c1-8-11(19(21)22)12(18(3)14(20)17(8)2)9-6-4-5-7-10(9)23-13(15)16/h4-7,12-13H,1-3H3/t12-/m0/s1. The molecule has 9 heteroatoms. The lowest BCUT2D eigenvalue weighted by Gasteiger charge is -2.36. The van der Waals surface area contributed by atoms with Crippen LogP contribution in [-0.4, -0.2) is 41.5 Å². The van der Waals surface area contributed by atoms with E-state index in [0.717, 1.165) is 9.80 Å². The minimum absolute atomic E-state index is 0.128. The van der Waals surface area contributed by atoms with Crippen molar-refractivity contribution in [1.82, 2.24) is 9.80 Å². The van der Waals surface area contributed by atoms with Crippen LogP contribution in [0.15, 0.2) is 35.7 Å². The van der Waals surface area contributed by atoms with E-state index in [1.54, 1.807) is 0 Å². The second kappa shape index (κ2) is 6.19. The van der Waals surface area contributed by atoms with Crippen LogP contribution >= 0.6 is 0 Å². The summed E-state index contributed by atoms with van der Waals surface area (Å²) in [5.41, 5.74) is 0.0117. The first-order valence-electron chi connectivity index (χ1n) is 6.65. The molecule has 2 rings (SSSR count). The molecule has 0 saturated carbocycles. The van der Waals surface area contributed by atoms with Crippen LogP contribution in [0.3, 0.4) is 0 Å². The van der Waals surface area contributed by atoms with Crippen LogP contribution in [0, 0.1) is 10.1 Å². The Bertz CT molecular complexity index is 678. The van der Waals surface area contributed by atoms with Gasteiger partial charge in [-0.05, 0) is 13.0 Å². The Hall–Kier alpha value is -2.71. The van der Waals surface area contributed by atoms with Crippen LogP contribution in [0.25, 0.3) is 0 Å². The average Bonchev–Trinajstić information content (AvgIpc) is 2.48. The van der Waals surface area contributed by atoms with Gasteiger partial charge in [-0.25, -0.2) is 4.79 Å². The van der Waals surface area contributed by atoms with Gasteiger partial charge in [0, 0.05) is 19.7 Å². The maximum absolute atomic E-state index is 12.6. The number of alkyl halides is 2. The van der Waals surface area contributed by atoms with Crippen molar-refractivity contribution >= 4 is 6.03 Å². The molecule has 1 aliphatic heterocycles. The fourth-order valence-electron chi connectivity index (χ4n) is 2.54. The summed E-state index contributed by atoms with van der Waals surface area (Å²) in [7, 11) is 2.79. The van der Waals surface area contributed by atoms with E-state index in [0.29, 0.717) is 0 Å². The van der Waals surface area contributed by atoms with Gasteiger partial charge >= 0.3 is 12.6 Å². The normalized spacial score (nSPS) is 18.7. The summed E-state index contributed by atoms with van der Waals surface area (Å²) >= 11 is 0. The third-order valence-electron chi connectivity index (χ3n) is 3.74. The summed E-state index contributed by atoms with van der Waals surface area (Å²) in [5, 5.41) is 11.5. The molecule has 23 heavy (non-hydrogen) atoms. The summed E-state index contributed by atoms with van der Waals surface area (Å²) in [4.78, 5) is 25.4. The molecule has 1 atom stereocenters. The lowest BCUT2D eigenvalue weighted by Crippen LogP contribution is -2.47. The lowest BCUT2D eigenvalue weighted by atomic mass is 9.98. The van der Waals surface area contributed by atoms with Gasteiger partial charge in [0.05, 0.1) is 10.6 Å². The van der Waals surface area contributed by atoms with Crippen LogP contribution in [0.5, 0.6) is 5.75 Å². The van der Waals surface area contributed by atoms with Gasteiger partial charge < -0.3 is 9.64 Å². The number of likely N-dealkylation sites (N-methyl/N-ethyl adjacent to an activating group) is 1. The number of para-hydroxylation sites is 1. The molecular weight excluding hydrogens is 312 g/mol. The number of nitrogens with zero attached hydrogens (tertiary/aromatic N) is 3. The first kappa shape index (κ1) is 16.7. The third kappa shape index (κ3) is 2.94. The van der Waals surface area contributed by atoms with Crippen LogP contribution in [0.1, 0.15) is 18.5 Å². The Morgan fingerprint density at radius 1 is 1.30 bits per heavy atom. The first-order valence-corrected chi connectivity index (χ1v) is 6.65. The SMILES string of the molecule is CC1=C([N+](=O)[O-])[C@H](c2ccccc2OC(F)F)N(C)C(=O)N1C. The Balaban J connectivity index is 2.64. The van der Waals surface area contributed by atoms with Crippen molar-refractivity contribution in [2.45, 2.75) is 19.6 Å². The number of ether oxygens (including phenoxy) is 1. The summed E-state index contributed by atoms with van der Waals surface area (Å²) in [5.74, 6) is -0.205. The van der Waals surface area contributed by atoms with Crippen LogP contribution < -0.4 is 4.74 Å². The topological polar surface area (TPSA) is 75.9 Å². The van der Waals surface area contributed by atoms with E-state index in [2.05, 4.69) is 4.74 Å². The molecule has 0 radical (unpaired) electrons. The molecule has 124 valence electrons. The molecule has 0 aliphatic carbocycles. The van der Waals surface area contributed by atoms with Gasteiger partial charge in [-0.15, -0.1) is 0 Å². The molecule has 1 aromatic rings. The average molecular weight is 327 g/mol. The van der Waals surface area contributed by atoms with E-state index in [1.807, 2.05) is 0 Å². The quantitative estimate of drug-likeness (QED) is 0.629.